The molecule has 1 aromatic heterocycles. The molecule has 13 heavy (non-hydrogen) atoms. The third-order valence-electron chi connectivity index (χ3n) is 1.87. The predicted octanol–water partition coefficient (Wildman–Crippen LogP) is 1.26. The minimum atomic E-state index is 0.421. The van der Waals surface area contributed by atoms with Gasteiger partial charge in [0.15, 0.2) is 0 Å². The van der Waals surface area contributed by atoms with E-state index >= 15 is 0 Å². The summed E-state index contributed by atoms with van der Waals surface area (Å²) in [6.45, 7) is 2.92. The van der Waals surface area contributed by atoms with Gasteiger partial charge in [-0.25, -0.2) is 0 Å². The number of nitrogens with one attached hydrogen (secondary N) is 1. The van der Waals surface area contributed by atoms with Crippen LogP contribution in [0.4, 0.5) is 5.69 Å². The van der Waals surface area contributed by atoms with Crippen LogP contribution in [0.25, 0.3) is 0 Å². The van der Waals surface area contributed by atoms with Crippen molar-refractivity contribution in [2.24, 2.45) is 7.05 Å². The molecule has 0 spiro atoms. The largest absolute Gasteiger partial charge is 0.385 e. The molecule has 1 N–H and O–H groups in total. The zero-order chi connectivity index (χ0) is 9.68. The van der Waals surface area contributed by atoms with Gasteiger partial charge in [0.05, 0.1) is 11.9 Å². The minimum Gasteiger partial charge on any atom is -0.385 e. The molecule has 0 aliphatic heterocycles. The Morgan fingerprint density at radius 2 is 2.46 bits per heavy atom. The average Bonchev–Trinajstić information content (AvgIpc) is 2.48. The Kier molecular flexibility index (Phi) is 3.76. The van der Waals surface area contributed by atoms with E-state index in [1.165, 1.54) is 0 Å². The first-order chi connectivity index (χ1) is 6.22. The molecule has 0 saturated heterocycles. The van der Waals surface area contributed by atoms with Crippen LogP contribution < -0.4 is 5.32 Å². The van der Waals surface area contributed by atoms with Crippen molar-refractivity contribution in [1.29, 1.82) is 0 Å². The summed E-state index contributed by atoms with van der Waals surface area (Å²) in [4.78, 5) is 0. The Balaban J connectivity index is 2.31. The van der Waals surface area contributed by atoms with Gasteiger partial charge in [-0.05, 0) is 13.3 Å². The van der Waals surface area contributed by atoms with E-state index in [0.29, 0.717) is 6.04 Å². The highest BCUT2D eigenvalue weighted by Crippen LogP contribution is 2.07. The van der Waals surface area contributed by atoms with E-state index in [-0.39, 0.29) is 0 Å². The zero-order valence-electron chi connectivity index (χ0n) is 8.45. The maximum atomic E-state index is 4.99. The number of aryl methyl sites for hydroxylation is 1. The summed E-state index contributed by atoms with van der Waals surface area (Å²) in [6, 6.07) is 0.421. The number of ether oxygens (including phenoxy) is 1. The molecule has 0 bridgehead atoms. The standard InChI is InChI=1S/C9H17N3O/c1-8(4-5-13-3)11-9-6-10-12(2)7-9/h6-8,11H,4-5H2,1-3H3. The number of hydrogen-bond acceptors (Lipinski definition) is 3. The molecule has 0 fully saturated rings. The van der Waals surface area contributed by atoms with Crippen LogP contribution in [0.3, 0.4) is 0 Å². The molecule has 0 aliphatic rings. The van der Waals surface area contributed by atoms with Crippen LogP contribution in [0.1, 0.15) is 13.3 Å². The lowest BCUT2D eigenvalue weighted by molar-refractivity contribution is 0.191. The van der Waals surface area contributed by atoms with Crippen LogP contribution in [0, 0.1) is 0 Å². The molecule has 0 amide bonds. The van der Waals surface area contributed by atoms with Crippen LogP contribution in [0.15, 0.2) is 12.4 Å². The maximum absolute atomic E-state index is 4.99. The highest BCUT2D eigenvalue weighted by molar-refractivity contribution is 5.38. The molecule has 4 heteroatoms. The fourth-order valence-corrected chi connectivity index (χ4v) is 1.15. The number of nitrogens with zero attached hydrogens (tertiary/aromatic N) is 2. The fraction of sp³-hybridized carbons (Fsp3) is 0.667. The monoisotopic (exact) mass is 183 g/mol. The molecule has 74 valence electrons. The number of anilines is 1. The Hall–Kier alpha value is -1.03. The van der Waals surface area contributed by atoms with Crippen LogP contribution >= 0.6 is 0 Å². The van der Waals surface area contributed by atoms with Gasteiger partial charge in [-0.2, -0.15) is 5.10 Å². The first-order valence-electron chi connectivity index (χ1n) is 4.46. The number of hydrogen-bond donors (Lipinski definition) is 1. The maximum Gasteiger partial charge on any atom is 0.0728 e. The highest BCUT2D eigenvalue weighted by atomic mass is 16.5. The number of rotatable bonds is 5. The van der Waals surface area contributed by atoms with Gasteiger partial charge >= 0.3 is 0 Å². The van der Waals surface area contributed by atoms with E-state index in [2.05, 4.69) is 17.3 Å². The molecule has 4 nitrogen and oxygen atoms in total. The first kappa shape index (κ1) is 10.1. The molecule has 0 aliphatic carbocycles. The van der Waals surface area contributed by atoms with Crippen molar-refractivity contribution in [3.63, 3.8) is 0 Å². The van der Waals surface area contributed by atoms with Gasteiger partial charge in [-0.15, -0.1) is 0 Å². The summed E-state index contributed by atoms with van der Waals surface area (Å²) in [5, 5.41) is 7.41. The van der Waals surface area contributed by atoms with Crippen LogP contribution in [-0.2, 0) is 11.8 Å². The lowest BCUT2D eigenvalue weighted by Gasteiger charge is -2.12. The second kappa shape index (κ2) is 4.87. The van der Waals surface area contributed by atoms with Crippen LogP contribution in [0.2, 0.25) is 0 Å². The van der Waals surface area contributed by atoms with E-state index in [9.17, 15) is 0 Å². The summed E-state index contributed by atoms with van der Waals surface area (Å²) in [6.07, 6.45) is 4.79. The molecule has 1 unspecified atom stereocenters. The Morgan fingerprint density at radius 3 is 3.00 bits per heavy atom. The summed E-state index contributed by atoms with van der Waals surface area (Å²) in [7, 11) is 3.63. The zero-order valence-corrected chi connectivity index (χ0v) is 8.45. The average molecular weight is 183 g/mol. The third kappa shape index (κ3) is 3.46. The quantitative estimate of drug-likeness (QED) is 0.747. The van der Waals surface area contributed by atoms with Gasteiger partial charge in [-0.3, -0.25) is 4.68 Å². The van der Waals surface area contributed by atoms with Gasteiger partial charge in [0, 0.05) is 33.0 Å². The Bertz CT molecular complexity index is 247. The van der Waals surface area contributed by atoms with E-state index in [4.69, 9.17) is 4.74 Å². The summed E-state index contributed by atoms with van der Waals surface area (Å²) in [5.41, 5.74) is 1.06. The van der Waals surface area contributed by atoms with E-state index in [0.717, 1.165) is 18.7 Å². The SMILES string of the molecule is COCCC(C)Nc1cnn(C)c1. The molecule has 1 rings (SSSR count). The second-order valence-corrected chi connectivity index (χ2v) is 3.23. The summed E-state index contributed by atoms with van der Waals surface area (Å²) in [5.74, 6) is 0. The molecular weight excluding hydrogens is 166 g/mol. The second-order valence-electron chi connectivity index (χ2n) is 3.23. The van der Waals surface area contributed by atoms with Gasteiger partial charge in [0.1, 0.15) is 0 Å². The minimum absolute atomic E-state index is 0.421. The van der Waals surface area contributed by atoms with Gasteiger partial charge in [-0.1, -0.05) is 0 Å². The van der Waals surface area contributed by atoms with E-state index in [1.807, 2.05) is 19.4 Å². The van der Waals surface area contributed by atoms with Gasteiger partial charge < -0.3 is 10.1 Å². The van der Waals surface area contributed by atoms with Crippen LogP contribution in [0.5, 0.6) is 0 Å². The normalized spacial score (nSPS) is 12.8. The lowest BCUT2D eigenvalue weighted by Crippen LogP contribution is -2.16. The van der Waals surface area contributed by atoms with E-state index in [1.54, 1.807) is 11.8 Å². The molecule has 1 atom stereocenters. The molecule has 0 radical (unpaired) electrons. The Morgan fingerprint density at radius 1 is 1.69 bits per heavy atom. The van der Waals surface area contributed by atoms with Crippen molar-refractivity contribution in [2.45, 2.75) is 19.4 Å². The smallest absolute Gasteiger partial charge is 0.0728 e. The third-order valence-corrected chi connectivity index (χ3v) is 1.87. The summed E-state index contributed by atoms with van der Waals surface area (Å²) < 4.78 is 6.78. The molecule has 0 saturated carbocycles. The van der Waals surface area contributed by atoms with Crippen molar-refractivity contribution in [1.82, 2.24) is 9.78 Å². The van der Waals surface area contributed by atoms with Crippen molar-refractivity contribution < 1.29 is 4.74 Å². The van der Waals surface area contributed by atoms with Gasteiger partial charge in [0.2, 0.25) is 0 Å². The number of aromatic nitrogens is 2. The van der Waals surface area contributed by atoms with E-state index < -0.39 is 0 Å². The highest BCUT2D eigenvalue weighted by Gasteiger charge is 2.02. The first-order valence-corrected chi connectivity index (χ1v) is 4.46. The van der Waals surface area contributed by atoms with Gasteiger partial charge in [0.25, 0.3) is 0 Å². The van der Waals surface area contributed by atoms with Crippen molar-refractivity contribution in [3.05, 3.63) is 12.4 Å². The van der Waals surface area contributed by atoms with Crippen molar-refractivity contribution >= 4 is 5.69 Å². The predicted molar refractivity (Wildman–Crippen MR) is 52.8 cm³/mol. The number of methoxy groups -OCH3 is 1. The Labute approximate surface area is 78.9 Å². The topological polar surface area (TPSA) is 39.1 Å². The van der Waals surface area contributed by atoms with Crippen molar-refractivity contribution in [2.75, 3.05) is 19.0 Å². The lowest BCUT2D eigenvalue weighted by atomic mass is 10.2. The molecule has 1 heterocycles. The van der Waals surface area contributed by atoms with Crippen LogP contribution in [-0.4, -0.2) is 29.5 Å². The molecular formula is C9H17N3O. The van der Waals surface area contributed by atoms with Crippen molar-refractivity contribution in [3.8, 4) is 0 Å². The fourth-order valence-electron chi connectivity index (χ4n) is 1.15. The summed E-state index contributed by atoms with van der Waals surface area (Å²) >= 11 is 0. The molecule has 0 aromatic carbocycles. The molecule has 1 aromatic rings.